The predicted molar refractivity (Wildman–Crippen MR) is 306 cm³/mol. The topological polar surface area (TPSA) is 78.9 Å². The maximum absolute atomic E-state index is 12.8. The molecule has 0 bridgehead atoms. The number of allylic oxidation sites excluding steroid dienone is 22. The van der Waals surface area contributed by atoms with Crippen molar-refractivity contribution < 1.29 is 28.6 Å². The Morgan fingerprint density at radius 3 is 0.859 bits per heavy atom. The first kappa shape index (κ1) is 66.6. The van der Waals surface area contributed by atoms with Crippen molar-refractivity contribution in [3.8, 4) is 0 Å². The lowest BCUT2D eigenvalue weighted by molar-refractivity contribution is -0.167. The number of rotatable bonds is 50. The highest BCUT2D eigenvalue weighted by molar-refractivity contribution is 5.71. The van der Waals surface area contributed by atoms with Crippen LogP contribution in [0.3, 0.4) is 0 Å². The van der Waals surface area contributed by atoms with Crippen molar-refractivity contribution in [3.05, 3.63) is 134 Å². The van der Waals surface area contributed by atoms with Gasteiger partial charge in [0.05, 0.1) is 0 Å². The molecule has 0 aromatic heterocycles. The number of esters is 3. The van der Waals surface area contributed by atoms with Crippen molar-refractivity contribution in [1.82, 2.24) is 0 Å². The summed E-state index contributed by atoms with van der Waals surface area (Å²) in [6.45, 7) is 6.33. The van der Waals surface area contributed by atoms with E-state index in [4.69, 9.17) is 14.2 Å². The van der Waals surface area contributed by atoms with Crippen LogP contribution in [0.25, 0.3) is 0 Å². The molecule has 0 aliphatic rings. The highest BCUT2D eigenvalue weighted by atomic mass is 16.6. The van der Waals surface area contributed by atoms with E-state index >= 15 is 0 Å². The summed E-state index contributed by atoms with van der Waals surface area (Å²) in [6, 6.07) is 0. The van der Waals surface area contributed by atoms with Gasteiger partial charge in [0.1, 0.15) is 13.2 Å². The van der Waals surface area contributed by atoms with Crippen LogP contribution in [0.2, 0.25) is 0 Å². The summed E-state index contributed by atoms with van der Waals surface area (Å²) >= 11 is 0. The van der Waals surface area contributed by atoms with Crippen LogP contribution in [0, 0.1) is 0 Å². The van der Waals surface area contributed by atoms with Gasteiger partial charge in [-0.05, 0) is 116 Å². The fraction of sp³-hybridized carbons (Fsp3) is 0.615. The van der Waals surface area contributed by atoms with Crippen LogP contribution >= 0.6 is 0 Å². The number of unbranched alkanes of at least 4 members (excludes halogenated alkanes) is 17. The zero-order chi connectivity index (χ0) is 51.4. The second kappa shape index (κ2) is 58.1. The Bertz CT molecular complexity index is 1550. The summed E-state index contributed by atoms with van der Waals surface area (Å²) in [5.74, 6) is -0.942. The van der Waals surface area contributed by atoms with Gasteiger partial charge in [-0.1, -0.05) is 238 Å². The maximum atomic E-state index is 12.8. The Hall–Kier alpha value is -4.45. The number of ether oxygens (including phenoxy) is 3. The standard InChI is InChI=1S/C65H104O6/c1-4-7-10-13-16-18-20-22-24-26-27-28-29-30-31-32-33-34-35-36-37-39-40-42-44-46-49-52-55-58-64(67)70-61-62(60-69-63(66)57-54-51-48-15-12-9-6-3)71-65(68)59-56-53-50-47-45-43-41-38-25-23-21-19-17-14-11-8-5-2/h7-8,10-11,16-19,22-25,27-28,30-31,33-34,36-37,40,42,62H,4-6,9,12-15,20-21,26,29,32,35,38-39,41,43-61H2,1-3H3/b10-7-,11-8-,18-16-,19-17-,24-22-,25-23-,28-27-,31-30-,34-33-,37-36-,42-40-. The van der Waals surface area contributed by atoms with Crippen LogP contribution in [-0.4, -0.2) is 37.2 Å². The molecule has 0 saturated carbocycles. The molecule has 0 N–H and O–H groups in total. The minimum atomic E-state index is -0.796. The molecule has 0 amide bonds. The molecule has 0 aliphatic heterocycles. The van der Waals surface area contributed by atoms with Crippen molar-refractivity contribution in [2.45, 2.75) is 245 Å². The molecule has 400 valence electrons. The van der Waals surface area contributed by atoms with Gasteiger partial charge < -0.3 is 14.2 Å². The third-order valence-corrected chi connectivity index (χ3v) is 11.7. The second-order valence-electron chi connectivity index (χ2n) is 18.4. The van der Waals surface area contributed by atoms with Gasteiger partial charge in [-0.2, -0.15) is 0 Å². The third-order valence-electron chi connectivity index (χ3n) is 11.7. The van der Waals surface area contributed by atoms with Gasteiger partial charge >= 0.3 is 17.9 Å². The Kier molecular flexibility index (Phi) is 54.5. The van der Waals surface area contributed by atoms with Gasteiger partial charge in [0.2, 0.25) is 0 Å². The van der Waals surface area contributed by atoms with Crippen LogP contribution in [0.15, 0.2) is 134 Å². The van der Waals surface area contributed by atoms with Gasteiger partial charge in [0.25, 0.3) is 0 Å². The molecule has 0 spiro atoms. The minimum absolute atomic E-state index is 0.0936. The summed E-state index contributed by atoms with van der Waals surface area (Å²) < 4.78 is 16.7. The number of hydrogen-bond acceptors (Lipinski definition) is 6. The summed E-state index contributed by atoms with van der Waals surface area (Å²) in [7, 11) is 0. The molecule has 0 saturated heterocycles. The summed E-state index contributed by atoms with van der Waals surface area (Å²) in [4.78, 5) is 37.9. The van der Waals surface area contributed by atoms with E-state index in [9.17, 15) is 14.4 Å². The molecule has 0 rings (SSSR count). The highest BCUT2D eigenvalue weighted by Crippen LogP contribution is 2.14. The van der Waals surface area contributed by atoms with Crippen LogP contribution in [0.5, 0.6) is 0 Å². The van der Waals surface area contributed by atoms with E-state index in [1.165, 1.54) is 51.4 Å². The molecule has 6 heteroatoms. The number of hydrogen-bond donors (Lipinski definition) is 0. The van der Waals surface area contributed by atoms with E-state index in [1.807, 2.05) is 0 Å². The lowest BCUT2D eigenvalue weighted by Crippen LogP contribution is -2.30. The van der Waals surface area contributed by atoms with Crippen molar-refractivity contribution >= 4 is 17.9 Å². The SMILES string of the molecule is CC/C=C\C/C=C\C/C=C\C/C=C\C/C=C\C/C=C\C/C=C\C/C=C\CCCCCCC(=O)OCC(COC(=O)CCCCCCCCC)OC(=O)CCCCCCCCC/C=C\C/C=C\C/C=C\CC. The molecule has 0 heterocycles. The molecule has 1 unspecified atom stereocenters. The Labute approximate surface area is 436 Å². The number of carbonyl (C=O) groups is 3. The fourth-order valence-corrected chi connectivity index (χ4v) is 7.41. The van der Waals surface area contributed by atoms with Gasteiger partial charge in [-0.3, -0.25) is 14.4 Å². The highest BCUT2D eigenvalue weighted by Gasteiger charge is 2.19. The van der Waals surface area contributed by atoms with E-state index in [2.05, 4.69) is 154 Å². The van der Waals surface area contributed by atoms with Gasteiger partial charge in [-0.25, -0.2) is 0 Å². The molecule has 1 atom stereocenters. The lowest BCUT2D eigenvalue weighted by atomic mass is 10.1. The van der Waals surface area contributed by atoms with Crippen molar-refractivity contribution in [3.63, 3.8) is 0 Å². The molecule has 71 heavy (non-hydrogen) atoms. The smallest absolute Gasteiger partial charge is 0.306 e. The van der Waals surface area contributed by atoms with E-state index in [-0.39, 0.29) is 31.1 Å². The summed E-state index contributed by atoms with van der Waals surface area (Å²) in [5, 5.41) is 0. The Balaban J connectivity index is 4.27. The molecular formula is C65H104O6. The molecule has 0 fully saturated rings. The largest absolute Gasteiger partial charge is 0.462 e. The zero-order valence-electron chi connectivity index (χ0n) is 45.7. The quantitative estimate of drug-likeness (QED) is 0.0262. The first-order chi connectivity index (χ1) is 35.0. The zero-order valence-corrected chi connectivity index (χ0v) is 45.7. The van der Waals surface area contributed by atoms with Crippen LogP contribution in [-0.2, 0) is 28.6 Å². The monoisotopic (exact) mass is 981 g/mol. The van der Waals surface area contributed by atoms with E-state index in [1.54, 1.807) is 0 Å². The average Bonchev–Trinajstić information content (AvgIpc) is 3.37. The average molecular weight is 982 g/mol. The maximum Gasteiger partial charge on any atom is 0.306 e. The van der Waals surface area contributed by atoms with E-state index in [0.717, 1.165) is 148 Å². The van der Waals surface area contributed by atoms with Crippen molar-refractivity contribution in [2.75, 3.05) is 13.2 Å². The predicted octanol–water partition coefficient (Wildman–Crippen LogP) is 19.4. The molecule has 0 radical (unpaired) electrons. The third kappa shape index (κ3) is 56.3. The number of carbonyl (C=O) groups excluding carboxylic acids is 3. The minimum Gasteiger partial charge on any atom is -0.462 e. The van der Waals surface area contributed by atoms with E-state index in [0.29, 0.717) is 19.3 Å². The molecule has 6 nitrogen and oxygen atoms in total. The van der Waals surface area contributed by atoms with Gasteiger partial charge in [-0.15, -0.1) is 0 Å². The molecule has 0 aromatic carbocycles. The fourth-order valence-electron chi connectivity index (χ4n) is 7.41. The molecule has 0 aromatic rings. The normalized spacial score (nSPS) is 13.1. The van der Waals surface area contributed by atoms with Crippen LogP contribution in [0.4, 0.5) is 0 Å². The van der Waals surface area contributed by atoms with Crippen molar-refractivity contribution in [1.29, 1.82) is 0 Å². The van der Waals surface area contributed by atoms with Crippen LogP contribution < -0.4 is 0 Å². The lowest BCUT2D eigenvalue weighted by Gasteiger charge is -2.18. The Morgan fingerprint density at radius 1 is 0.296 bits per heavy atom. The van der Waals surface area contributed by atoms with Gasteiger partial charge in [0, 0.05) is 19.3 Å². The molecule has 0 aliphatic carbocycles. The van der Waals surface area contributed by atoms with Crippen molar-refractivity contribution in [2.24, 2.45) is 0 Å². The first-order valence-electron chi connectivity index (χ1n) is 28.7. The summed E-state index contributed by atoms with van der Waals surface area (Å²) in [6.07, 6.45) is 81.8. The van der Waals surface area contributed by atoms with Crippen LogP contribution in [0.1, 0.15) is 239 Å². The summed E-state index contributed by atoms with van der Waals surface area (Å²) in [5.41, 5.74) is 0. The second-order valence-corrected chi connectivity index (χ2v) is 18.4. The Morgan fingerprint density at radius 2 is 0.549 bits per heavy atom. The first-order valence-corrected chi connectivity index (χ1v) is 28.7. The molecular weight excluding hydrogens is 877 g/mol. The van der Waals surface area contributed by atoms with Gasteiger partial charge in [0.15, 0.2) is 6.10 Å². The van der Waals surface area contributed by atoms with E-state index < -0.39 is 6.10 Å².